The summed E-state index contributed by atoms with van der Waals surface area (Å²) in [5.74, 6) is 0.329. The molecule has 0 saturated carbocycles. The first-order chi connectivity index (χ1) is 18.1. The van der Waals surface area contributed by atoms with Crippen molar-refractivity contribution in [1.29, 1.82) is 0 Å². The van der Waals surface area contributed by atoms with Gasteiger partial charge in [0.05, 0.1) is 6.54 Å². The highest BCUT2D eigenvalue weighted by Gasteiger charge is 2.18. The molecule has 37 heavy (non-hydrogen) atoms. The lowest BCUT2D eigenvalue weighted by Gasteiger charge is -2.19. The molecule has 0 heterocycles. The summed E-state index contributed by atoms with van der Waals surface area (Å²) in [6, 6.07) is 27.7. The number of hydrogen-bond acceptors (Lipinski definition) is 6. The number of hydrazine groups is 2. The first-order valence-corrected chi connectivity index (χ1v) is 13.6. The van der Waals surface area contributed by atoms with Crippen molar-refractivity contribution in [3.63, 3.8) is 0 Å². The van der Waals surface area contributed by atoms with Gasteiger partial charge in [-0.2, -0.15) is 11.8 Å². The van der Waals surface area contributed by atoms with E-state index in [1.54, 1.807) is 11.8 Å². The smallest absolute Gasteiger partial charge is 0.253 e. The van der Waals surface area contributed by atoms with Gasteiger partial charge < -0.3 is 10.7 Å². The second kappa shape index (κ2) is 11.5. The molecule has 188 valence electrons. The van der Waals surface area contributed by atoms with Crippen molar-refractivity contribution in [2.45, 2.75) is 12.5 Å². The van der Waals surface area contributed by atoms with Gasteiger partial charge in [0, 0.05) is 16.8 Å². The van der Waals surface area contributed by atoms with Gasteiger partial charge in [-0.1, -0.05) is 66.7 Å². The van der Waals surface area contributed by atoms with Gasteiger partial charge in [-0.15, -0.1) is 0 Å². The fraction of sp³-hybridized carbons (Fsp3) is 0.172. The summed E-state index contributed by atoms with van der Waals surface area (Å²) in [6.07, 6.45) is 2.63. The lowest BCUT2D eigenvalue weighted by atomic mass is 9.93. The summed E-state index contributed by atoms with van der Waals surface area (Å²) in [5.41, 5.74) is 13.2. The Kier molecular flexibility index (Phi) is 7.70. The van der Waals surface area contributed by atoms with Gasteiger partial charge in [-0.3, -0.25) is 15.0 Å². The van der Waals surface area contributed by atoms with E-state index in [1.165, 1.54) is 16.2 Å². The number of benzene rings is 5. The number of amides is 2. The van der Waals surface area contributed by atoms with Crippen LogP contribution < -0.4 is 27.0 Å². The van der Waals surface area contributed by atoms with Crippen LogP contribution in [0.2, 0.25) is 0 Å². The zero-order valence-corrected chi connectivity index (χ0v) is 21.3. The SMILES string of the molecule is CSCC[C@H](NNc1ccccc1)C(=O)NNCC(=O)Nc1ccc2ccc3cccc4ccc1c2c34. The van der Waals surface area contributed by atoms with E-state index in [0.717, 1.165) is 33.3 Å². The maximum absolute atomic E-state index is 12.8. The van der Waals surface area contributed by atoms with Crippen LogP contribution in [-0.2, 0) is 9.59 Å². The Morgan fingerprint density at radius 1 is 0.811 bits per heavy atom. The standard InChI is InChI=1S/C29H29N5O2S/c1-37-17-16-25(33-32-22-8-3-2-4-9-22)29(36)34-30-18-26(35)31-24-15-13-21-11-10-19-6-5-7-20-12-14-23(24)28(21)27(19)20/h2-15,25,30,32-33H,16-18H2,1H3,(H,31,35)(H,34,36)/t25-/m0/s1. The minimum atomic E-state index is -0.471. The molecule has 5 N–H and O–H groups in total. The topological polar surface area (TPSA) is 94.3 Å². The third-order valence-corrected chi connectivity index (χ3v) is 7.00. The van der Waals surface area contributed by atoms with E-state index >= 15 is 0 Å². The highest BCUT2D eigenvalue weighted by Crippen LogP contribution is 2.37. The molecule has 5 rings (SSSR count). The second-order valence-corrected chi connectivity index (χ2v) is 9.82. The van der Waals surface area contributed by atoms with Crippen molar-refractivity contribution in [2.75, 3.05) is 29.3 Å². The van der Waals surface area contributed by atoms with Crippen molar-refractivity contribution in [1.82, 2.24) is 16.3 Å². The molecule has 7 nitrogen and oxygen atoms in total. The predicted octanol–water partition coefficient (Wildman–Crippen LogP) is 4.88. The number of carbonyl (C=O) groups excluding carboxylic acids is 2. The zero-order valence-electron chi connectivity index (χ0n) is 20.5. The van der Waals surface area contributed by atoms with Crippen LogP contribution >= 0.6 is 11.8 Å². The van der Waals surface area contributed by atoms with Crippen molar-refractivity contribution < 1.29 is 9.59 Å². The first-order valence-electron chi connectivity index (χ1n) is 12.2. The van der Waals surface area contributed by atoms with Crippen LogP contribution in [0.4, 0.5) is 11.4 Å². The Hall–Kier alpha value is -3.85. The first kappa shape index (κ1) is 24.8. The number of para-hydroxylation sites is 1. The maximum atomic E-state index is 12.8. The molecule has 5 aromatic rings. The molecule has 0 bridgehead atoms. The molecule has 0 aromatic heterocycles. The van der Waals surface area contributed by atoms with Gasteiger partial charge in [0.1, 0.15) is 6.04 Å². The molecule has 5 aromatic carbocycles. The van der Waals surface area contributed by atoms with Crippen molar-refractivity contribution >= 4 is 67.3 Å². The largest absolute Gasteiger partial charge is 0.324 e. The number of thioether (sulfide) groups is 1. The average molecular weight is 512 g/mol. The van der Waals surface area contributed by atoms with Gasteiger partial charge in [-0.25, -0.2) is 10.9 Å². The molecule has 0 aliphatic heterocycles. The van der Waals surface area contributed by atoms with Crippen LogP contribution in [-0.4, -0.2) is 36.4 Å². The lowest BCUT2D eigenvalue weighted by Crippen LogP contribution is -2.52. The molecule has 0 saturated heterocycles. The summed E-state index contributed by atoms with van der Waals surface area (Å²) in [6.45, 7) is -0.0604. The number of hydrogen-bond donors (Lipinski definition) is 5. The van der Waals surface area contributed by atoms with Crippen LogP contribution in [0, 0.1) is 0 Å². The van der Waals surface area contributed by atoms with Crippen molar-refractivity contribution in [3.8, 4) is 0 Å². The van der Waals surface area contributed by atoms with Crippen LogP contribution in [0.1, 0.15) is 6.42 Å². The highest BCUT2D eigenvalue weighted by molar-refractivity contribution is 7.98. The van der Waals surface area contributed by atoms with Crippen LogP contribution in [0.3, 0.4) is 0 Å². The molecule has 0 fully saturated rings. The summed E-state index contributed by atoms with van der Waals surface area (Å²) < 4.78 is 0. The van der Waals surface area contributed by atoms with Gasteiger partial charge in [0.25, 0.3) is 5.91 Å². The van der Waals surface area contributed by atoms with Crippen LogP contribution in [0.25, 0.3) is 32.3 Å². The van der Waals surface area contributed by atoms with Crippen LogP contribution in [0.15, 0.2) is 84.9 Å². The van der Waals surface area contributed by atoms with E-state index in [1.807, 2.05) is 48.7 Å². The monoisotopic (exact) mass is 511 g/mol. The fourth-order valence-electron chi connectivity index (χ4n) is 4.53. The highest BCUT2D eigenvalue weighted by atomic mass is 32.2. The maximum Gasteiger partial charge on any atom is 0.253 e. The Morgan fingerprint density at radius 2 is 1.51 bits per heavy atom. The summed E-state index contributed by atoms with van der Waals surface area (Å²) in [4.78, 5) is 25.5. The van der Waals surface area contributed by atoms with Crippen LogP contribution in [0.5, 0.6) is 0 Å². The van der Waals surface area contributed by atoms with E-state index in [2.05, 4.69) is 69.5 Å². The van der Waals surface area contributed by atoms with Crippen molar-refractivity contribution in [3.05, 3.63) is 84.9 Å². The summed E-state index contributed by atoms with van der Waals surface area (Å²) in [5, 5.41) is 9.82. The predicted molar refractivity (Wildman–Crippen MR) is 155 cm³/mol. The number of anilines is 2. The summed E-state index contributed by atoms with van der Waals surface area (Å²) in [7, 11) is 0. The molecule has 0 spiro atoms. The Bertz CT molecular complexity index is 1510. The normalized spacial score (nSPS) is 12.1. The zero-order chi connectivity index (χ0) is 25.6. The van der Waals surface area contributed by atoms with Gasteiger partial charge in [0.2, 0.25) is 5.91 Å². The third kappa shape index (κ3) is 5.61. The van der Waals surface area contributed by atoms with E-state index in [-0.39, 0.29) is 18.4 Å². The molecule has 0 aliphatic carbocycles. The molecule has 8 heteroatoms. The van der Waals surface area contributed by atoms with Gasteiger partial charge in [-0.05, 0) is 63.6 Å². The van der Waals surface area contributed by atoms with Gasteiger partial charge in [0.15, 0.2) is 0 Å². The molecular weight excluding hydrogens is 482 g/mol. The Balaban J connectivity index is 1.21. The van der Waals surface area contributed by atoms with E-state index in [9.17, 15) is 9.59 Å². The van der Waals surface area contributed by atoms with Gasteiger partial charge >= 0.3 is 0 Å². The van der Waals surface area contributed by atoms with E-state index < -0.39 is 6.04 Å². The van der Waals surface area contributed by atoms with Crippen molar-refractivity contribution in [2.24, 2.45) is 0 Å². The molecule has 0 unspecified atom stereocenters. The van der Waals surface area contributed by atoms with E-state index in [4.69, 9.17) is 0 Å². The number of rotatable bonds is 11. The fourth-order valence-corrected chi connectivity index (χ4v) is 5.01. The molecule has 2 amide bonds. The molecular formula is C29H29N5O2S. The quantitative estimate of drug-likeness (QED) is 0.128. The summed E-state index contributed by atoms with van der Waals surface area (Å²) >= 11 is 1.67. The van der Waals surface area contributed by atoms with E-state index in [0.29, 0.717) is 6.42 Å². The second-order valence-electron chi connectivity index (χ2n) is 8.83. The molecule has 0 aliphatic rings. The lowest BCUT2D eigenvalue weighted by molar-refractivity contribution is -0.124. The minimum absolute atomic E-state index is 0.0604. The number of nitrogens with one attached hydrogen (secondary N) is 5. The molecule has 1 atom stereocenters. The Labute approximate surface area is 219 Å². The Morgan fingerprint density at radius 3 is 2.27 bits per heavy atom. The third-order valence-electron chi connectivity index (χ3n) is 6.35. The minimum Gasteiger partial charge on any atom is -0.324 e. The average Bonchev–Trinajstić information content (AvgIpc) is 2.93. The number of carbonyl (C=O) groups is 2. The molecule has 0 radical (unpaired) electrons.